The molecule has 0 aliphatic carbocycles. The summed E-state index contributed by atoms with van der Waals surface area (Å²) in [6, 6.07) is 7.82. The van der Waals surface area contributed by atoms with E-state index in [0.717, 1.165) is 5.56 Å². The molecule has 0 radical (unpaired) electrons. The highest BCUT2D eigenvalue weighted by atomic mass is 16.5. The van der Waals surface area contributed by atoms with Gasteiger partial charge in [-0.2, -0.15) is 0 Å². The third-order valence-corrected chi connectivity index (χ3v) is 3.20. The Bertz CT molecular complexity index is 414. The lowest BCUT2D eigenvalue weighted by atomic mass is 10.1. The molecule has 1 unspecified atom stereocenters. The van der Waals surface area contributed by atoms with Gasteiger partial charge < -0.3 is 14.7 Å². The van der Waals surface area contributed by atoms with Gasteiger partial charge >= 0.3 is 0 Å². The molecule has 0 aromatic heterocycles. The van der Waals surface area contributed by atoms with Crippen LogP contribution in [-0.2, 0) is 11.2 Å². The van der Waals surface area contributed by atoms with Crippen LogP contribution >= 0.6 is 0 Å². The van der Waals surface area contributed by atoms with Gasteiger partial charge in [0.15, 0.2) is 0 Å². The van der Waals surface area contributed by atoms with E-state index >= 15 is 0 Å². The van der Waals surface area contributed by atoms with Crippen LogP contribution in [0.1, 0.15) is 26.3 Å². The van der Waals surface area contributed by atoms with E-state index < -0.39 is 6.10 Å². The highest BCUT2D eigenvalue weighted by Gasteiger charge is 2.11. The lowest BCUT2D eigenvalue weighted by Crippen LogP contribution is -2.36. The number of likely N-dealkylation sites (N-methyl/N-ethyl adjacent to an activating group) is 1. The van der Waals surface area contributed by atoms with Gasteiger partial charge in [-0.1, -0.05) is 12.1 Å². The molecular formula is C16H25NO3. The fraction of sp³-hybridized carbons (Fsp3) is 0.562. The number of nitrogens with zero attached hydrogens (tertiary/aromatic N) is 1. The van der Waals surface area contributed by atoms with Crippen molar-refractivity contribution >= 4 is 5.78 Å². The molecule has 0 heterocycles. The number of Topliss-reactive ketones (excluding diaryl/α,β-unsaturated/α-hetero) is 1. The van der Waals surface area contributed by atoms with Crippen LogP contribution in [0.5, 0.6) is 5.75 Å². The Morgan fingerprint density at radius 1 is 1.30 bits per heavy atom. The van der Waals surface area contributed by atoms with Gasteiger partial charge in [-0.15, -0.1) is 0 Å². The molecule has 4 nitrogen and oxygen atoms in total. The lowest BCUT2D eigenvalue weighted by molar-refractivity contribution is -0.116. The van der Waals surface area contributed by atoms with Gasteiger partial charge in [-0.05, 0) is 45.5 Å². The van der Waals surface area contributed by atoms with E-state index in [1.807, 2.05) is 31.3 Å². The molecule has 1 N–H and O–H groups in total. The maximum atomic E-state index is 11.0. The lowest BCUT2D eigenvalue weighted by Gasteiger charge is -2.24. The van der Waals surface area contributed by atoms with Gasteiger partial charge in [0, 0.05) is 19.0 Å². The first-order chi connectivity index (χ1) is 9.38. The first-order valence-corrected chi connectivity index (χ1v) is 6.98. The van der Waals surface area contributed by atoms with Gasteiger partial charge in [0.05, 0.1) is 0 Å². The maximum absolute atomic E-state index is 11.0. The highest BCUT2D eigenvalue weighted by Crippen LogP contribution is 2.13. The predicted octanol–water partition coefficient (Wildman–Crippen LogP) is 1.90. The van der Waals surface area contributed by atoms with E-state index in [4.69, 9.17) is 4.74 Å². The quantitative estimate of drug-likeness (QED) is 0.789. The molecule has 0 aliphatic rings. The molecule has 1 aromatic rings. The molecule has 0 fully saturated rings. The molecule has 0 amide bonds. The third kappa shape index (κ3) is 6.17. The molecule has 0 aliphatic heterocycles. The second kappa shape index (κ2) is 8.02. The van der Waals surface area contributed by atoms with Gasteiger partial charge in [0.2, 0.25) is 0 Å². The van der Waals surface area contributed by atoms with Crippen molar-refractivity contribution in [1.29, 1.82) is 0 Å². The number of ether oxygens (including phenoxy) is 1. The molecule has 0 saturated carbocycles. The summed E-state index contributed by atoms with van der Waals surface area (Å²) in [7, 11) is 1.98. The smallest absolute Gasteiger partial charge is 0.134 e. The predicted molar refractivity (Wildman–Crippen MR) is 80.1 cm³/mol. The van der Waals surface area contributed by atoms with Crippen molar-refractivity contribution in [2.75, 3.05) is 20.2 Å². The topological polar surface area (TPSA) is 49.8 Å². The average molecular weight is 279 g/mol. The number of hydrogen-bond acceptors (Lipinski definition) is 4. The first kappa shape index (κ1) is 16.7. The molecule has 0 spiro atoms. The van der Waals surface area contributed by atoms with Crippen LogP contribution in [0.4, 0.5) is 0 Å². The summed E-state index contributed by atoms with van der Waals surface area (Å²) in [4.78, 5) is 13.1. The van der Waals surface area contributed by atoms with Crippen LogP contribution < -0.4 is 4.74 Å². The Hall–Kier alpha value is -1.39. The van der Waals surface area contributed by atoms with E-state index in [1.165, 1.54) is 0 Å². The number of benzene rings is 1. The molecule has 112 valence electrons. The second-order valence-electron chi connectivity index (χ2n) is 5.52. The number of aliphatic hydroxyl groups is 1. The maximum Gasteiger partial charge on any atom is 0.134 e. The molecule has 1 aromatic carbocycles. The van der Waals surface area contributed by atoms with Crippen molar-refractivity contribution in [1.82, 2.24) is 4.90 Å². The Balaban J connectivity index is 2.39. The van der Waals surface area contributed by atoms with Gasteiger partial charge in [0.25, 0.3) is 0 Å². The highest BCUT2D eigenvalue weighted by molar-refractivity contribution is 5.78. The average Bonchev–Trinajstić information content (AvgIpc) is 2.37. The van der Waals surface area contributed by atoms with Crippen molar-refractivity contribution in [2.45, 2.75) is 39.3 Å². The molecule has 20 heavy (non-hydrogen) atoms. The molecule has 1 atom stereocenters. The number of carbonyl (C=O) groups is 1. The summed E-state index contributed by atoms with van der Waals surface area (Å²) in [6.45, 7) is 6.60. The number of ketones is 1. The Labute approximate surface area is 121 Å². The number of carbonyl (C=O) groups excluding carboxylic acids is 1. The molecule has 4 heteroatoms. The minimum Gasteiger partial charge on any atom is -0.491 e. The van der Waals surface area contributed by atoms with Crippen LogP contribution in [0.25, 0.3) is 0 Å². The summed E-state index contributed by atoms with van der Waals surface area (Å²) in [6.07, 6.45) is -0.0680. The van der Waals surface area contributed by atoms with Crippen LogP contribution in [0.3, 0.4) is 0 Å². The van der Waals surface area contributed by atoms with Crippen LogP contribution in [-0.4, -0.2) is 48.1 Å². The van der Waals surface area contributed by atoms with E-state index in [9.17, 15) is 9.90 Å². The summed E-state index contributed by atoms with van der Waals surface area (Å²) < 4.78 is 5.55. The molecule has 1 rings (SSSR count). The summed E-state index contributed by atoms with van der Waals surface area (Å²) in [5.41, 5.74) is 0.977. The van der Waals surface area contributed by atoms with E-state index in [1.54, 1.807) is 6.92 Å². The standard InChI is InChI=1S/C16H25NO3/c1-12(2)17(4)10-15(19)11-20-16-7-5-14(6-8-16)9-13(3)18/h5-8,12,15,19H,9-11H2,1-4H3. The molecule has 0 saturated heterocycles. The van der Waals surface area contributed by atoms with Gasteiger partial charge in [-0.25, -0.2) is 0 Å². The summed E-state index contributed by atoms with van der Waals surface area (Å²) in [5, 5.41) is 9.89. The number of hydrogen-bond donors (Lipinski definition) is 1. The fourth-order valence-corrected chi connectivity index (χ4v) is 1.78. The normalized spacial score (nSPS) is 12.8. The third-order valence-electron chi connectivity index (χ3n) is 3.20. The summed E-state index contributed by atoms with van der Waals surface area (Å²) >= 11 is 0. The van der Waals surface area contributed by atoms with Crippen molar-refractivity contribution < 1.29 is 14.6 Å². The zero-order valence-electron chi connectivity index (χ0n) is 12.8. The zero-order chi connectivity index (χ0) is 15.1. The van der Waals surface area contributed by atoms with Crippen LogP contribution in [0.15, 0.2) is 24.3 Å². The minimum absolute atomic E-state index is 0.144. The van der Waals surface area contributed by atoms with E-state index in [-0.39, 0.29) is 12.4 Å². The Morgan fingerprint density at radius 2 is 1.90 bits per heavy atom. The van der Waals surface area contributed by atoms with Crippen molar-refractivity contribution in [3.63, 3.8) is 0 Å². The van der Waals surface area contributed by atoms with Gasteiger partial charge in [-0.3, -0.25) is 4.79 Å². The summed E-state index contributed by atoms with van der Waals surface area (Å²) in [5.74, 6) is 0.856. The van der Waals surface area contributed by atoms with Crippen molar-refractivity contribution in [2.24, 2.45) is 0 Å². The SMILES string of the molecule is CC(=O)Cc1ccc(OCC(O)CN(C)C(C)C)cc1. The minimum atomic E-state index is -0.515. The first-order valence-electron chi connectivity index (χ1n) is 6.98. The van der Waals surface area contributed by atoms with Crippen molar-refractivity contribution in [3.8, 4) is 5.75 Å². The van der Waals surface area contributed by atoms with E-state index in [2.05, 4.69) is 18.7 Å². The zero-order valence-corrected chi connectivity index (χ0v) is 12.8. The molecular weight excluding hydrogens is 254 g/mol. The Kier molecular flexibility index (Phi) is 6.68. The van der Waals surface area contributed by atoms with Crippen LogP contribution in [0.2, 0.25) is 0 Å². The van der Waals surface area contributed by atoms with Gasteiger partial charge in [0.1, 0.15) is 24.2 Å². The number of aliphatic hydroxyl groups excluding tert-OH is 1. The second-order valence-corrected chi connectivity index (χ2v) is 5.52. The molecule has 0 bridgehead atoms. The largest absolute Gasteiger partial charge is 0.491 e. The van der Waals surface area contributed by atoms with E-state index in [0.29, 0.717) is 24.8 Å². The monoisotopic (exact) mass is 279 g/mol. The Morgan fingerprint density at radius 3 is 2.40 bits per heavy atom. The van der Waals surface area contributed by atoms with Crippen molar-refractivity contribution in [3.05, 3.63) is 29.8 Å². The fourth-order valence-electron chi connectivity index (χ4n) is 1.78. The number of rotatable bonds is 8. The van der Waals surface area contributed by atoms with Crippen LogP contribution in [0, 0.1) is 0 Å².